The minimum atomic E-state index is -1.08. The molecule has 0 aromatic carbocycles. The van der Waals surface area contributed by atoms with Crippen LogP contribution in [0.4, 0.5) is 0 Å². The third kappa shape index (κ3) is 308. The molecule has 0 spiro atoms. The zero-order valence-corrected chi connectivity index (χ0v) is 19.4. The summed E-state index contributed by atoms with van der Waals surface area (Å²) in [7, 11) is 0. The van der Waals surface area contributed by atoms with E-state index in [1.807, 2.05) is 0 Å². The second kappa shape index (κ2) is 31.6. The zero-order chi connectivity index (χ0) is 15.6. The van der Waals surface area contributed by atoms with Gasteiger partial charge in [0.15, 0.2) is 0 Å². The van der Waals surface area contributed by atoms with Gasteiger partial charge in [0.05, 0.1) is 0 Å². The van der Waals surface area contributed by atoms with E-state index >= 15 is 0 Å². The molecule has 0 saturated carbocycles. The molecule has 19 heavy (non-hydrogen) atoms. The molecule has 0 heterocycles. The van der Waals surface area contributed by atoms with Crippen LogP contribution in [0, 0.1) is 0 Å². The van der Waals surface area contributed by atoms with Gasteiger partial charge in [0.25, 0.3) is 0 Å². The predicted molar refractivity (Wildman–Crippen MR) is 82.5 cm³/mol. The third-order valence-corrected chi connectivity index (χ3v) is 3.09. The smallest absolute Gasteiger partial charge is 0 e. The van der Waals surface area contributed by atoms with Crippen molar-refractivity contribution in [2.24, 2.45) is 0 Å². The zero-order valence-electron chi connectivity index (χ0n) is 13.8. The Balaban J connectivity index is -0.0000000459. The first-order valence-electron chi connectivity index (χ1n) is 6.76. The first-order valence-corrected chi connectivity index (χ1v) is 11.4. The molecule has 4 N–H and O–H groups in total. The molecule has 0 rings (SSSR count). The summed E-state index contributed by atoms with van der Waals surface area (Å²) in [5, 5.41) is 24.2. The van der Waals surface area contributed by atoms with E-state index in [0.717, 1.165) is 0 Å². The van der Waals surface area contributed by atoms with E-state index in [9.17, 15) is 0 Å². The maximum absolute atomic E-state index is 8.41. The molecule has 0 radical (unpaired) electrons. The second-order valence-corrected chi connectivity index (χ2v) is 8.01. The Morgan fingerprint density at radius 3 is 1.05 bits per heavy atom. The topological polar surface area (TPSA) is 80.9 Å². The first-order chi connectivity index (χ1) is 8.11. The molecule has 4 nitrogen and oxygen atoms in total. The summed E-state index contributed by atoms with van der Waals surface area (Å²) < 4.78 is 9.59. The molecule has 0 aliphatic rings. The molecule has 0 bridgehead atoms. The number of unbranched alkanes of at least 4 members (excludes halogenated alkanes) is 1. The summed E-state index contributed by atoms with van der Waals surface area (Å²) in [6, 6.07) is 0. The summed E-state index contributed by atoms with van der Waals surface area (Å²) in [5.74, 6) is 0. The van der Waals surface area contributed by atoms with Crippen LogP contribution in [0.25, 0.3) is 0 Å². The van der Waals surface area contributed by atoms with Gasteiger partial charge in [-0.3, -0.25) is 0 Å². The minimum Gasteiger partial charge on any atom is 0 e. The monoisotopic (exact) mass is 424 g/mol. The van der Waals surface area contributed by atoms with Gasteiger partial charge in [-0.2, -0.15) is 0 Å². The second-order valence-electron chi connectivity index (χ2n) is 4.71. The molecule has 0 aromatic rings. The first kappa shape index (κ1) is 32.3. The van der Waals surface area contributed by atoms with E-state index < -0.39 is 21.6 Å². The maximum Gasteiger partial charge on any atom is 0 e. The number of hydrogen-bond acceptors (Lipinski definition) is 4. The normalized spacial score (nSPS) is 9.16. The Morgan fingerprint density at radius 1 is 0.789 bits per heavy atom. The van der Waals surface area contributed by atoms with Crippen molar-refractivity contribution in [1.82, 2.24) is 0 Å². The van der Waals surface area contributed by atoms with E-state index in [-0.39, 0.29) is 40.0 Å². The van der Waals surface area contributed by atoms with E-state index in [2.05, 4.69) is 6.92 Å². The van der Waals surface area contributed by atoms with Gasteiger partial charge >= 0.3 is 49.2 Å². The van der Waals surface area contributed by atoms with Crippen molar-refractivity contribution in [1.29, 1.82) is 0 Å². The molecule has 6 heteroatoms. The van der Waals surface area contributed by atoms with Crippen LogP contribution in [-0.4, -0.2) is 58.6 Å². The van der Waals surface area contributed by atoms with Crippen molar-refractivity contribution in [2.75, 3.05) is 0 Å². The van der Waals surface area contributed by atoms with Crippen molar-refractivity contribution >= 4 is 21.6 Å². The van der Waals surface area contributed by atoms with Crippen LogP contribution in [0.15, 0.2) is 0 Å². The fourth-order valence-corrected chi connectivity index (χ4v) is 2.43. The summed E-state index contributed by atoms with van der Waals surface area (Å²) in [5.41, 5.74) is 0. The quantitative estimate of drug-likeness (QED) is 0.410. The van der Waals surface area contributed by atoms with Gasteiger partial charge in [-0.05, 0) is 41.5 Å². The fourth-order valence-electron chi connectivity index (χ4n) is 0.362. The minimum absolute atomic E-state index is 0. The van der Waals surface area contributed by atoms with Gasteiger partial charge in [0.2, 0.25) is 0 Å². The number of aliphatic hydroxyl groups is 3. The SMILES string of the molecule is CC(C)O.CC(C)O.CC(C)O.CCC[CH2][SnH2][OH].[Ti]. The van der Waals surface area contributed by atoms with E-state index in [0.29, 0.717) is 0 Å². The van der Waals surface area contributed by atoms with E-state index in [1.54, 1.807) is 41.5 Å². The van der Waals surface area contributed by atoms with Crippen molar-refractivity contribution in [2.45, 2.75) is 84.1 Å². The van der Waals surface area contributed by atoms with Crippen LogP contribution in [0.3, 0.4) is 0 Å². The molecule has 0 aromatic heterocycles. The standard InChI is InChI=1S/C4H9.3C3H8O.H2O.Sn.Ti.2H/c1-3-4-2;3*1-3(2)4;;;;;/h1,3-4H2,2H3;3*3-4H,1-2H3;1H2;;;;/q;;;;;+1;;;/p-1. The average molecular weight is 423 g/mol. The van der Waals surface area contributed by atoms with Gasteiger partial charge in [-0.15, -0.1) is 0 Å². The van der Waals surface area contributed by atoms with Gasteiger partial charge in [-0.1, -0.05) is 0 Å². The van der Waals surface area contributed by atoms with Gasteiger partial charge in [-0.25, -0.2) is 0 Å². The number of hydrogen-bond donors (Lipinski definition) is 4. The molecule has 0 aliphatic carbocycles. The van der Waals surface area contributed by atoms with Gasteiger partial charge in [0, 0.05) is 40.0 Å². The summed E-state index contributed by atoms with van der Waals surface area (Å²) >= 11 is -1.08. The molecule has 0 atom stereocenters. The Morgan fingerprint density at radius 2 is 1.00 bits per heavy atom. The number of rotatable bonds is 3. The Bertz CT molecular complexity index is 88.3. The summed E-state index contributed by atoms with van der Waals surface area (Å²) in [6.07, 6.45) is 2.00. The van der Waals surface area contributed by atoms with Crippen LogP contribution in [0.2, 0.25) is 4.44 Å². The molecule has 0 saturated heterocycles. The largest absolute Gasteiger partial charge is 0 e. The third-order valence-electron chi connectivity index (χ3n) is 0.762. The van der Waals surface area contributed by atoms with Crippen LogP contribution in [0.5, 0.6) is 0 Å². The molecular formula is C13H36O4SnTi. The predicted octanol–water partition coefficient (Wildman–Crippen LogP) is 1.44. The molecule has 0 fully saturated rings. The molecule has 120 valence electrons. The van der Waals surface area contributed by atoms with Crippen molar-refractivity contribution in [3.8, 4) is 0 Å². The van der Waals surface area contributed by atoms with Crippen molar-refractivity contribution in [3.63, 3.8) is 0 Å². The Kier molecular flexibility index (Phi) is 53.9. The van der Waals surface area contributed by atoms with Crippen LogP contribution < -0.4 is 0 Å². The van der Waals surface area contributed by atoms with Gasteiger partial charge in [0.1, 0.15) is 0 Å². The molecular weight excluding hydrogens is 387 g/mol. The van der Waals surface area contributed by atoms with Crippen LogP contribution in [0.1, 0.15) is 61.3 Å². The van der Waals surface area contributed by atoms with Crippen molar-refractivity contribution < 1.29 is 40.5 Å². The maximum atomic E-state index is 8.41. The fraction of sp³-hybridized carbons (Fsp3) is 1.00. The van der Waals surface area contributed by atoms with Crippen molar-refractivity contribution in [3.05, 3.63) is 0 Å². The van der Waals surface area contributed by atoms with Crippen LogP contribution >= 0.6 is 0 Å². The molecule has 0 aliphatic heterocycles. The van der Waals surface area contributed by atoms with Gasteiger partial charge < -0.3 is 15.3 Å². The van der Waals surface area contributed by atoms with E-state index in [1.165, 1.54) is 17.3 Å². The van der Waals surface area contributed by atoms with E-state index in [4.69, 9.17) is 18.8 Å². The summed E-state index contributed by atoms with van der Waals surface area (Å²) in [6.45, 7) is 12.5. The Hall–Kier alpha value is 1.35. The Labute approximate surface area is 145 Å². The summed E-state index contributed by atoms with van der Waals surface area (Å²) in [4.78, 5) is 0. The molecule has 0 unspecified atom stereocenters. The number of aliphatic hydroxyl groups excluding tert-OH is 3. The average Bonchev–Trinajstić information content (AvgIpc) is 2.11. The van der Waals surface area contributed by atoms with Crippen LogP contribution in [-0.2, 0) is 21.7 Å². The molecule has 0 amide bonds.